The van der Waals surface area contributed by atoms with Crippen molar-refractivity contribution in [2.45, 2.75) is 25.5 Å². The zero-order valence-corrected chi connectivity index (χ0v) is 10.6. The van der Waals surface area contributed by atoms with Crippen LogP contribution in [-0.2, 0) is 4.74 Å². The van der Waals surface area contributed by atoms with Crippen molar-refractivity contribution in [3.05, 3.63) is 34.1 Å². The summed E-state index contributed by atoms with van der Waals surface area (Å²) < 4.78 is 10.4. The van der Waals surface area contributed by atoms with Gasteiger partial charge < -0.3 is 15.0 Å². The van der Waals surface area contributed by atoms with Crippen LogP contribution in [0.3, 0.4) is 0 Å². The van der Waals surface area contributed by atoms with Gasteiger partial charge in [-0.3, -0.25) is 0 Å². The Morgan fingerprint density at radius 1 is 1.59 bits per heavy atom. The molecule has 0 bridgehead atoms. The van der Waals surface area contributed by atoms with Gasteiger partial charge in [-0.25, -0.2) is 0 Å². The lowest BCUT2D eigenvalue weighted by molar-refractivity contribution is 0.0903. The van der Waals surface area contributed by atoms with Gasteiger partial charge in [0.15, 0.2) is 0 Å². The van der Waals surface area contributed by atoms with E-state index in [1.807, 2.05) is 24.4 Å². The van der Waals surface area contributed by atoms with Crippen LogP contribution < -0.4 is 5.73 Å². The van der Waals surface area contributed by atoms with Crippen molar-refractivity contribution in [3.63, 3.8) is 0 Å². The molecule has 0 aromatic carbocycles. The molecule has 2 unspecified atom stereocenters. The van der Waals surface area contributed by atoms with E-state index in [0.717, 1.165) is 11.3 Å². The maximum absolute atomic E-state index is 6.03. The minimum atomic E-state index is -0.356. The summed E-state index contributed by atoms with van der Waals surface area (Å²) in [4.78, 5) is 5.29. The van der Waals surface area contributed by atoms with Crippen LogP contribution in [0.2, 0.25) is 0 Å². The van der Waals surface area contributed by atoms with E-state index in [9.17, 15) is 0 Å². The number of ether oxygens (including phenoxy) is 1. The molecule has 0 saturated heterocycles. The molecule has 2 N–H and O–H groups in total. The molecule has 17 heavy (non-hydrogen) atoms. The van der Waals surface area contributed by atoms with Crippen LogP contribution in [-0.4, -0.2) is 17.3 Å². The first-order chi connectivity index (χ1) is 8.26. The number of rotatable bonds is 5. The molecule has 0 aliphatic rings. The van der Waals surface area contributed by atoms with Crippen LogP contribution in [0.4, 0.5) is 0 Å². The number of thiophene rings is 1. The van der Waals surface area contributed by atoms with Crippen molar-refractivity contribution in [2.75, 3.05) is 7.11 Å². The molecule has 5 nitrogen and oxygen atoms in total. The molecule has 2 aromatic heterocycles. The number of nitrogens with two attached hydrogens (primary N) is 1. The molecule has 0 amide bonds. The molecule has 92 valence electrons. The summed E-state index contributed by atoms with van der Waals surface area (Å²) >= 11 is 1.57. The van der Waals surface area contributed by atoms with Crippen LogP contribution in [0.5, 0.6) is 0 Å². The highest BCUT2D eigenvalue weighted by Gasteiger charge is 2.21. The molecule has 6 heteroatoms. The second-order valence-electron chi connectivity index (χ2n) is 3.62. The van der Waals surface area contributed by atoms with Crippen molar-refractivity contribution >= 4 is 11.3 Å². The predicted molar refractivity (Wildman–Crippen MR) is 64.7 cm³/mol. The van der Waals surface area contributed by atoms with Crippen molar-refractivity contribution < 1.29 is 9.26 Å². The highest BCUT2D eigenvalue weighted by atomic mass is 32.1. The van der Waals surface area contributed by atoms with Crippen molar-refractivity contribution in [2.24, 2.45) is 5.73 Å². The third-order valence-electron chi connectivity index (χ3n) is 2.52. The van der Waals surface area contributed by atoms with E-state index < -0.39 is 0 Å². The summed E-state index contributed by atoms with van der Waals surface area (Å²) in [7, 11) is 1.63. The maximum atomic E-state index is 6.03. The molecule has 0 radical (unpaired) electrons. The summed E-state index contributed by atoms with van der Waals surface area (Å²) in [5.41, 5.74) is 6.03. The standard InChI is InChI=1S/C11H15N3O2S/c1-3-7(15-2)10-13-11(16-14-10)9(12)8-5-4-6-17-8/h4-7,9H,3,12H2,1-2H3. The summed E-state index contributed by atoms with van der Waals surface area (Å²) in [6, 6.07) is 3.54. The largest absolute Gasteiger partial charge is 0.373 e. The Morgan fingerprint density at radius 2 is 2.41 bits per heavy atom. The molecule has 0 fully saturated rings. The monoisotopic (exact) mass is 253 g/mol. The minimum Gasteiger partial charge on any atom is -0.373 e. The van der Waals surface area contributed by atoms with Crippen LogP contribution in [0.25, 0.3) is 0 Å². The molecule has 2 heterocycles. The second kappa shape index (κ2) is 5.39. The molecule has 0 saturated carbocycles. The van der Waals surface area contributed by atoms with Gasteiger partial charge >= 0.3 is 0 Å². The topological polar surface area (TPSA) is 74.2 Å². The molecular weight excluding hydrogens is 238 g/mol. The van der Waals surface area contributed by atoms with E-state index in [4.69, 9.17) is 15.0 Å². The van der Waals surface area contributed by atoms with Gasteiger partial charge in [-0.15, -0.1) is 11.3 Å². The number of aromatic nitrogens is 2. The van der Waals surface area contributed by atoms with Crippen LogP contribution in [0.15, 0.2) is 22.0 Å². The van der Waals surface area contributed by atoms with E-state index in [-0.39, 0.29) is 12.1 Å². The van der Waals surface area contributed by atoms with Crippen molar-refractivity contribution in [1.82, 2.24) is 10.1 Å². The average Bonchev–Trinajstić information content (AvgIpc) is 3.01. The normalized spacial score (nSPS) is 14.8. The predicted octanol–water partition coefficient (Wildman–Crippen LogP) is 2.28. The van der Waals surface area contributed by atoms with Crippen LogP contribution >= 0.6 is 11.3 Å². The quantitative estimate of drug-likeness (QED) is 0.884. The fourth-order valence-electron chi connectivity index (χ4n) is 1.55. The van der Waals surface area contributed by atoms with Crippen molar-refractivity contribution in [1.29, 1.82) is 0 Å². The molecule has 0 aliphatic heterocycles. The summed E-state index contributed by atoms with van der Waals surface area (Å²) in [6.45, 7) is 2.00. The Bertz CT molecular complexity index is 451. The lowest BCUT2D eigenvalue weighted by atomic mass is 10.2. The van der Waals surface area contributed by atoms with Gasteiger partial charge in [0.25, 0.3) is 0 Å². The van der Waals surface area contributed by atoms with E-state index in [1.54, 1.807) is 18.4 Å². The first-order valence-electron chi connectivity index (χ1n) is 5.41. The number of methoxy groups -OCH3 is 1. The van der Waals surface area contributed by atoms with Gasteiger partial charge in [-0.2, -0.15) is 4.98 Å². The van der Waals surface area contributed by atoms with Gasteiger partial charge in [0.1, 0.15) is 12.1 Å². The maximum Gasteiger partial charge on any atom is 0.249 e. The smallest absolute Gasteiger partial charge is 0.249 e. The number of hydrogen-bond donors (Lipinski definition) is 1. The summed E-state index contributed by atoms with van der Waals surface area (Å²) in [6.07, 6.45) is 0.659. The van der Waals surface area contributed by atoms with E-state index in [1.165, 1.54) is 0 Å². The summed E-state index contributed by atoms with van der Waals surface area (Å²) in [5.74, 6) is 0.981. The lowest BCUT2D eigenvalue weighted by Gasteiger charge is -2.06. The number of nitrogens with zero attached hydrogens (tertiary/aromatic N) is 2. The first-order valence-corrected chi connectivity index (χ1v) is 6.29. The first kappa shape index (κ1) is 12.2. The SMILES string of the molecule is CCC(OC)c1noc(C(N)c2cccs2)n1. The Kier molecular flexibility index (Phi) is 3.88. The Hall–Kier alpha value is -1.24. The number of hydrogen-bond acceptors (Lipinski definition) is 6. The van der Waals surface area contributed by atoms with E-state index in [0.29, 0.717) is 11.7 Å². The molecule has 2 atom stereocenters. The van der Waals surface area contributed by atoms with Crippen LogP contribution in [0, 0.1) is 0 Å². The van der Waals surface area contributed by atoms with Gasteiger partial charge in [0.05, 0.1) is 0 Å². The highest BCUT2D eigenvalue weighted by molar-refractivity contribution is 7.10. The molecule has 0 aliphatic carbocycles. The Balaban J connectivity index is 2.18. The fourth-order valence-corrected chi connectivity index (χ4v) is 2.27. The van der Waals surface area contributed by atoms with Gasteiger partial charge in [0.2, 0.25) is 11.7 Å². The Morgan fingerprint density at radius 3 is 3.00 bits per heavy atom. The zero-order chi connectivity index (χ0) is 12.3. The lowest BCUT2D eigenvalue weighted by Crippen LogP contribution is -2.11. The third-order valence-corrected chi connectivity index (χ3v) is 3.47. The van der Waals surface area contributed by atoms with Gasteiger partial charge in [-0.1, -0.05) is 18.1 Å². The van der Waals surface area contributed by atoms with Crippen LogP contribution in [0.1, 0.15) is 42.1 Å². The molecule has 0 spiro atoms. The van der Waals surface area contributed by atoms with Crippen molar-refractivity contribution in [3.8, 4) is 0 Å². The third kappa shape index (κ3) is 2.54. The Labute approximate surface area is 104 Å². The second-order valence-corrected chi connectivity index (χ2v) is 4.60. The van der Waals surface area contributed by atoms with Gasteiger partial charge in [-0.05, 0) is 17.9 Å². The van der Waals surface area contributed by atoms with E-state index in [2.05, 4.69) is 10.1 Å². The zero-order valence-electron chi connectivity index (χ0n) is 9.79. The average molecular weight is 253 g/mol. The molecular formula is C11H15N3O2S. The minimum absolute atomic E-state index is 0.136. The molecule has 2 aromatic rings. The fraction of sp³-hybridized carbons (Fsp3) is 0.455. The van der Waals surface area contributed by atoms with Gasteiger partial charge in [0, 0.05) is 12.0 Å². The molecule has 2 rings (SSSR count). The van der Waals surface area contributed by atoms with E-state index >= 15 is 0 Å². The highest BCUT2D eigenvalue weighted by Crippen LogP contribution is 2.24. The summed E-state index contributed by atoms with van der Waals surface area (Å²) in [5, 5.41) is 5.87.